The first-order valence-corrected chi connectivity index (χ1v) is 7.73. The summed E-state index contributed by atoms with van der Waals surface area (Å²) in [7, 11) is 0. The maximum absolute atomic E-state index is 8.94. The molecule has 0 spiro atoms. The minimum Gasteiger partial charge on any atom is -0.367 e. The highest BCUT2D eigenvalue weighted by Crippen LogP contribution is 2.25. The Kier molecular flexibility index (Phi) is 5.39. The van der Waals surface area contributed by atoms with Gasteiger partial charge in [-0.3, -0.25) is 0 Å². The second-order valence-electron chi connectivity index (χ2n) is 4.13. The largest absolute Gasteiger partial charge is 0.367 e. The molecule has 2 aromatic rings. The van der Waals surface area contributed by atoms with Crippen LogP contribution < -0.4 is 5.32 Å². The van der Waals surface area contributed by atoms with Gasteiger partial charge in [0.05, 0.1) is 0 Å². The van der Waals surface area contributed by atoms with Crippen LogP contribution in [0.1, 0.15) is 12.6 Å². The van der Waals surface area contributed by atoms with Gasteiger partial charge in [0.25, 0.3) is 0 Å². The highest BCUT2D eigenvalue weighted by Gasteiger charge is 2.08. The minimum atomic E-state index is 0.327. The summed E-state index contributed by atoms with van der Waals surface area (Å²) in [5.74, 6) is 0.540. The van der Waals surface area contributed by atoms with Gasteiger partial charge in [0.15, 0.2) is 11.5 Å². The fraction of sp³-hybridized carbons (Fsp3) is 0.214. The lowest BCUT2D eigenvalue weighted by Crippen LogP contribution is -2.15. The zero-order chi connectivity index (χ0) is 14.4. The molecule has 1 N–H and O–H groups in total. The Balaban J connectivity index is 1.90. The van der Waals surface area contributed by atoms with E-state index >= 15 is 0 Å². The summed E-state index contributed by atoms with van der Waals surface area (Å²) >= 11 is 5.19. The van der Waals surface area contributed by atoms with Gasteiger partial charge >= 0.3 is 0 Å². The number of hydrogen-bond acceptors (Lipinski definition) is 5. The van der Waals surface area contributed by atoms with Crippen LogP contribution in [0.2, 0.25) is 0 Å². The van der Waals surface area contributed by atoms with Crippen molar-refractivity contribution < 1.29 is 0 Å². The highest BCUT2D eigenvalue weighted by atomic mass is 79.9. The summed E-state index contributed by atoms with van der Waals surface area (Å²) < 4.78 is 1.07. The van der Waals surface area contributed by atoms with Gasteiger partial charge in [-0.2, -0.15) is 5.26 Å². The second-order valence-corrected chi connectivity index (χ2v) is 6.56. The molecule has 0 saturated heterocycles. The number of rotatable bonds is 5. The van der Waals surface area contributed by atoms with Crippen molar-refractivity contribution in [1.82, 2.24) is 9.97 Å². The van der Waals surface area contributed by atoms with Crippen molar-refractivity contribution in [3.63, 3.8) is 0 Å². The Morgan fingerprint density at radius 2 is 2.00 bits per heavy atom. The molecule has 6 heteroatoms. The molecule has 0 bridgehead atoms. The molecular formula is C14H13BrN4S. The number of anilines is 1. The van der Waals surface area contributed by atoms with Crippen molar-refractivity contribution in [1.29, 1.82) is 5.26 Å². The van der Waals surface area contributed by atoms with Crippen LogP contribution in [0.3, 0.4) is 0 Å². The maximum atomic E-state index is 8.94. The Labute approximate surface area is 130 Å². The molecule has 1 atom stereocenters. The first-order valence-electron chi connectivity index (χ1n) is 6.06. The third-order valence-corrected chi connectivity index (χ3v) is 4.15. The quantitative estimate of drug-likeness (QED) is 0.834. The molecular weight excluding hydrogens is 336 g/mol. The standard InChI is InChI=1S/C14H13BrN4S/c1-10(20-12-4-2-11(15)3-5-12)9-19-14-13(8-16)17-6-7-18-14/h2-7,10H,9H2,1H3,(H,18,19). The van der Waals surface area contributed by atoms with Gasteiger partial charge in [-0.15, -0.1) is 11.8 Å². The fourth-order valence-electron chi connectivity index (χ4n) is 1.58. The van der Waals surface area contributed by atoms with Crippen molar-refractivity contribution in [2.24, 2.45) is 0 Å². The Bertz CT molecular complexity index is 609. The van der Waals surface area contributed by atoms with Gasteiger partial charge < -0.3 is 5.32 Å². The predicted molar refractivity (Wildman–Crippen MR) is 84.7 cm³/mol. The van der Waals surface area contributed by atoms with Crippen molar-refractivity contribution in [3.8, 4) is 6.07 Å². The molecule has 1 unspecified atom stereocenters. The van der Waals surface area contributed by atoms with Gasteiger partial charge in [-0.1, -0.05) is 22.9 Å². The molecule has 0 radical (unpaired) electrons. The lowest BCUT2D eigenvalue weighted by Gasteiger charge is -2.13. The van der Waals surface area contributed by atoms with E-state index in [2.05, 4.69) is 50.3 Å². The molecule has 0 aliphatic rings. The van der Waals surface area contributed by atoms with Crippen LogP contribution >= 0.6 is 27.7 Å². The predicted octanol–water partition coefficient (Wildman–Crippen LogP) is 3.70. The van der Waals surface area contributed by atoms with Crippen molar-refractivity contribution in [2.75, 3.05) is 11.9 Å². The third-order valence-electron chi connectivity index (χ3n) is 2.51. The molecule has 0 aliphatic heterocycles. The molecule has 2 rings (SSSR count). The van der Waals surface area contributed by atoms with Crippen LogP contribution in [0.25, 0.3) is 0 Å². The molecule has 0 aliphatic carbocycles. The van der Waals surface area contributed by atoms with Crippen LogP contribution in [-0.2, 0) is 0 Å². The van der Waals surface area contributed by atoms with E-state index in [-0.39, 0.29) is 0 Å². The first kappa shape index (κ1) is 14.8. The third kappa shape index (κ3) is 4.22. The number of halogens is 1. The number of nitriles is 1. The van der Waals surface area contributed by atoms with Crippen LogP contribution in [0.5, 0.6) is 0 Å². The van der Waals surface area contributed by atoms with E-state index in [4.69, 9.17) is 5.26 Å². The van der Waals surface area contributed by atoms with Gasteiger partial charge in [-0.05, 0) is 24.3 Å². The minimum absolute atomic E-state index is 0.327. The average molecular weight is 349 g/mol. The normalized spacial score (nSPS) is 11.7. The fourth-order valence-corrected chi connectivity index (χ4v) is 2.77. The Morgan fingerprint density at radius 3 is 2.70 bits per heavy atom. The maximum Gasteiger partial charge on any atom is 0.182 e. The summed E-state index contributed by atoms with van der Waals surface area (Å²) in [4.78, 5) is 9.31. The topological polar surface area (TPSA) is 61.6 Å². The second kappa shape index (κ2) is 7.27. The number of aromatic nitrogens is 2. The molecule has 0 saturated carbocycles. The summed E-state index contributed by atoms with van der Waals surface area (Å²) in [6.45, 7) is 2.84. The molecule has 4 nitrogen and oxygen atoms in total. The van der Waals surface area contributed by atoms with Crippen molar-refractivity contribution >= 4 is 33.5 Å². The van der Waals surface area contributed by atoms with E-state index in [0.717, 1.165) is 4.47 Å². The number of hydrogen-bond donors (Lipinski definition) is 1. The molecule has 1 heterocycles. The van der Waals surface area contributed by atoms with Gasteiger partial charge in [0, 0.05) is 33.6 Å². The number of nitrogens with zero attached hydrogens (tertiary/aromatic N) is 3. The molecule has 0 fully saturated rings. The molecule has 102 valence electrons. The number of nitrogens with one attached hydrogen (secondary N) is 1. The van der Waals surface area contributed by atoms with Crippen LogP contribution in [-0.4, -0.2) is 21.8 Å². The van der Waals surface area contributed by atoms with E-state index in [1.54, 1.807) is 18.0 Å². The lowest BCUT2D eigenvalue weighted by molar-refractivity contribution is 0.978. The molecule has 1 aromatic carbocycles. The zero-order valence-corrected chi connectivity index (χ0v) is 13.3. The summed E-state index contributed by atoms with van der Waals surface area (Å²) in [5, 5.41) is 12.5. The number of benzene rings is 1. The molecule has 0 amide bonds. The monoisotopic (exact) mass is 348 g/mol. The Morgan fingerprint density at radius 1 is 1.30 bits per heavy atom. The van der Waals surface area contributed by atoms with Crippen LogP contribution in [0.15, 0.2) is 46.0 Å². The SMILES string of the molecule is CC(CNc1nccnc1C#N)Sc1ccc(Br)cc1. The van der Waals surface area contributed by atoms with Gasteiger partial charge in [0.1, 0.15) is 6.07 Å². The average Bonchev–Trinajstić information content (AvgIpc) is 2.48. The number of thioether (sulfide) groups is 1. The zero-order valence-electron chi connectivity index (χ0n) is 10.9. The summed E-state index contributed by atoms with van der Waals surface area (Å²) in [6, 6.07) is 10.2. The van der Waals surface area contributed by atoms with Crippen LogP contribution in [0.4, 0.5) is 5.82 Å². The van der Waals surface area contributed by atoms with Gasteiger partial charge in [0.2, 0.25) is 0 Å². The summed E-state index contributed by atoms with van der Waals surface area (Å²) in [5.41, 5.74) is 0.327. The van der Waals surface area contributed by atoms with Crippen molar-refractivity contribution in [3.05, 3.63) is 46.8 Å². The van der Waals surface area contributed by atoms with Crippen molar-refractivity contribution in [2.45, 2.75) is 17.1 Å². The molecule has 1 aromatic heterocycles. The first-order chi connectivity index (χ1) is 9.69. The van der Waals surface area contributed by atoms with E-state index in [1.165, 1.54) is 11.1 Å². The van der Waals surface area contributed by atoms with Crippen LogP contribution in [0, 0.1) is 11.3 Å². The summed E-state index contributed by atoms with van der Waals surface area (Å²) in [6.07, 6.45) is 3.10. The van der Waals surface area contributed by atoms with E-state index in [0.29, 0.717) is 23.3 Å². The molecule has 20 heavy (non-hydrogen) atoms. The van der Waals surface area contributed by atoms with E-state index in [9.17, 15) is 0 Å². The smallest absolute Gasteiger partial charge is 0.182 e. The highest BCUT2D eigenvalue weighted by molar-refractivity contribution is 9.10. The lowest BCUT2D eigenvalue weighted by atomic mass is 10.4. The van der Waals surface area contributed by atoms with E-state index < -0.39 is 0 Å². The van der Waals surface area contributed by atoms with Gasteiger partial charge in [-0.25, -0.2) is 9.97 Å². The Hall–Kier alpha value is -1.58. The van der Waals surface area contributed by atoms with E-state index in [1.807, 2.05) is 18.2 Å².